The zero-order valence-corrected chi connectivity index (χ0v) is 9.62. The molecular weight excluding hydrogens is 218 g/mol. The van der Waals surface area contributed by atoms with Crippen LogP contribution in [-0.2, 0) is 17.9 Å². The number of primary amides is 1. The molecule has 0 aromatic heterocycles. The maximum absolute atomic E-state index is 11.8. The van der Waals surface area contributed by atoms with E-state index in [-0.39, 0.29) is 5.91 Å². The number of nitrogens with one attached hydrogen (secondary N) is 2. The lowest BCUT2D eigenvalue weighted by atomic mass is 10.1. The second kappa shape index (κ2) is 4.55. The van der Waals surface area contributed by atoms with Gasteiger partial charge < -0.3 is 16.4 Å². The van der Waals surface area contributed by atoms with Gasteiger partial charge in [-0.2, -0.15) is 0 Å². The van der Waals surface area contributed by atoms with Crippen LogP contribution in [0.3, 0.4) is 0 Å². The number of fused-ring (bicyclic) bond motifs is 1. The first-order valence-electron chi connectivity index (χ1n) is 5.50. The van der Waals surface area contributed by atoms with Gasteiger partial charge in [0.15, 0.2) is 0 Å². The van der Waals surface area contributed by atoms with E-state index in [1.807, 2.05) is 12.1 Å². The van der Waals surface area contributed by atoms with Gasteiger partial charge in [0.2, 0.25) is 5.91 Å². The molecule has 0 radical (unpaired) electrons. The van der Waals surface area contributed by atoms with Gasteiger partial charge in [0.05, 0.1) is 0 Å². The Morgan fingerprint density at radius 3 is 2.76 bits per heavy atom. The lowest BCUT2D eigenvalue weighted by molar-refractivity contribution is -0.119. The van der Waals surface area contributed by atoms with Crippen molar-refractivity contribution >= 4 is 11.8 Å². The summed E-state index contributed by atoms with van der Waals surface area (Å²) in [6, 6.07) is 4.88. The Kier molecular flexibility index (Phi) is 3.10. The summed E-state index contributed by atoms with van der Waals surface area (Å²) in [7, 11) is 0. The molecule has 5 nitrogen and oxygen atoms in total. The number of carbonyl (C=O) groups is 2. The van der Waals surface area contributed by atoms with E-state index in [4.69, 9.17) is 5.73 Å². The first-order valence-corrected chi connectivity index (χ1v) is 5.50. The molecular formula is C12H15N3O2. The van der Waals surface area contributed by atoms with Crippen LogP contribution in [0.1, 0.15) is 28.4 Å². The number of rotatable bonds is 3. The van der Waals surface area contributed by atoms with Gasteiger partial charge in [-0.25, -0.2) is 0 Å². The van der Waals surface area contributed by atoms with Crippen molar-refractivity contribution in [1.82, 2.24) is 10.6 Å². The fourth-order valence-corrected chi connectivity index (χ4v) is 1.79. The Labute approximate surface area is 99.4 Å². The average Bonchev–Trinajstić information content (AvgIpc) is 2.75. The molecule has 0 fully saturated rings. The van der Waals surface area contributed by atoms with Crippen molar-refractivity contribution in [3.8, 4) is 0 Å². The zero-order valence-electron chi connectivity index (χ0n) is 9.62. The fraction of sp³-hybridized carbons (Fsp3) is 0.333. The van der Waals surface area contributed by atoms with Crippen molar-refractivity contribution in [3.63, 3.8) is 0 Å². The molecule has 1 aromatic rings. The average molecular weight is 233 g/mol. The Bertz CT molecular complexity index is 471. The largest absolute Gasteiger partial charge is 0.368 e. The normalized spacial score (nSPS) is 15.1. The summed E-state index contributed by atoms with van der Waals surface area (Å²) in [4.78, 5) is 22.7. The van der Waals surface area contributed by atoms with E-state index in [9.17, 15) is 9.59 Å². The molecule has 1 atom stereocenters. The van der Waals surface area contributed by atoms with Gasteiger partial charge in [-0.3, -0.25) is 9.59 Å². The van der Waals surface area contributed by atoms with Crippen molar-refractivity contribution in [2.24, 2.45) is 5.73 Å². The smallest absolute Gasteiger partial charge is 0.251 e. The summed E-state index contributed by atoms with van der Waals surface area (Å²) in [6.45, 7) is 3.19. The molecule has 0 bridgehead atoms. The highest BCUT2D eigenvalue weighted by Crippen LogP contribution is 2.16. The van der Waals surface area contributed by atoms with Crippen molar-refractivity contribution < 1.29 is 9.59 Å². The maximum atomic E-state index is 11.8. The molecule has 0 spiro atoms. The molecule has 5 heteroatoms. The van der Waals surface area contributed by atoms with Gasteiger partial charge in [0.25, 0.3) is 5.91 Å². The van der Waals surface area contributed by atoms with Gasteiger partial charge in [-0.05, 0) is 30.2 Å². The van der Waals surface area contributed by atoms with E-state index in [0.717, 1.165) is 18.7 Å². The number of carbonyl (C=O) groups excluding carboxylic acids is 2. The van der Waals surface area contributed by atoms with Crippen molar-refractivity contribution in [1.29, 1.82) is 0 Å². The van der Waals surface area contributed by atoms with Gasteiger partial charge in [-0.1, -0.05) is 6.07 Å². The van der Waals surface area contributed by atoms with Crippen molar-refractivity contribution in [2.75, 3.05) is 0 Å². The van der Waals surface area contributed by atoms with E-state index in [2.05, 4.69) is 10.6 Å². The highest BCUT2D eigenvalue weighted by atomic mass is 16.2. The van der Waals surface area contributed by atoms with Crippen LogP contribution in [-0.4, -0.2) is 17.9 Å². The second-order valence-electron chi connectivity index (χ2n) is 4.18. The van der Waals surface area contributed by atoms with Gasteiger partial charge in [0.1, 0.15) is 6.04 Å². The molecule has 2 rings (SSSR count). The van der Waals surface area contributed by atoms with Gasteiger partial charge in [0, 0.05) is 18.7 Å². The third-order valence-electron chi connectivity index (χ3n) is 2.87. The number of benzene rings is 1. The minimum Gasteiger partial charge on any atom is -0.368 e. The standard InChI is InChI=1S/C12H15N3O2/c1-7(11(13)16)15-12(17)8-2-3-9-5-14-6-10(9)4-8/h2-4,7,14H,5-6H2,1H3,(H2,13,16)(H,15,17). The highest BCUT2D eigenvalue weighted by molar-refractivity contribution is 5.97. The Balaban J connectivity index is 2.12. The number of hydrogen-bond donors (Lipinski definition) is 3. The Morgan fingerprint density at radius 2 is 2.06 bits per heavy atom. The van der Waals surface area contributed by atoms with Crippen LogP contribution in [0, 0.1) is 0 Å². The van der Waals surface area contributed by atoms with Crippen molar-refractivity contribution in [3.05, 3.63) is 34.9 Å². The highest BCUT2D eigenvalue weighted by Gasteiger charge is 2.16. The quantitative estimate of drug-likeness (QED) is 0.681. The van der Waals surface area contributed by atoms with Gasteiger partial charge >= 0.3 is 0 Å². The van der Waals surface area contributed by atoms with Crippen LogP contribution in [0.15, 0.2) is 18.2 Å². The third kappa shape index (κ3) is 2.45. The molecule has 0 aliphatic carbocycles. The number of nitrogens with two attached hydrogens (primary N) is 1. The lowest BCUT2D eigenvalue weighted by Crippen LogP contribution is -2.42. The molecule has 1 heterocycles. The minimum absolute atomic E-state index is 0.272. The predicted molar refractivity (Wildman–Crippen MR) is 63.1 cm³/mol. The van der Waals surface area contributed by atoms with Crippen LogP contribution >= 0.6 is 0 Å². The molecule has 1 aromatic carbocycles. The molecule has 4 N–H and O–H groups in total. The molecule has 1 aliphatic heterocycles. The summed E-state index contributed by atoms with van der Waals surface area (Å²) in [6.07, 6.45) is 0. The Morgan fingerprint density at radius 1 is 1.35 bits per heavy atom. The number of hydrogen-bond acceptors (Lipinski definition) is 3. The number of amides is 2. The molecule has 1 unspecified atom stereocenters. The molecule has 0 saturated carbocycles. The topological polar surface area (TPSA) is 84.2 Å². The lowest BCUT2D eigenvalue weighted by Gasteiger charge is -2.10. The molecule has 90 valence electrons. The predicted octanol–water partition coefficient (Wildman–Crippen LogP) is -0.107. The Hall–Kier alpha value is -1.88. The van der Waals surface area contributed by atoms with Crippen LogP contribution in [0.25, 0.3) is 0 Å². The zero-order chi connectivity index (χ0) is 12.4. The van der Waals surface area contributed by atoms with Crippen LogP contribution in [0.4, 0.5) is 0 Å². The van der Waals surface area contributed by atoms with E-state index < -0.39 is 11.9 Å². The molecule has 2 amide bonds. The fourth-order valence-electron chi connectivity index (χ4n) is 1.79. The van der Waals surface area contributed by atoms with Gasteiger partial charge in [-0.15, -0.1) is 0 Å². The molecule has 0 saturated heterocycles. The van der Waals surface area contributed by atoms with Crippen LogP contribution in [0.5, 0.6) is 0 Å². The van der Waals surface area contributed by atoms with Crippen molar-refractivity contribution in [2.45, 2.75) is 26.1 Å². The first kappa shape index (κ1) is 11.6. The maximum Gasteiger partial charge on any atom is 0.251 e. The summed E-state index contributed by atoms with van der Waals surface area (Å²) in [5, 5.41) is 5.76. The SMILES string of the molecule is CC(NC(=O)c1ccc2c(c1)CNC2)C(N)=O. The third-order valence-corrected chi connectivity index (χ3v) is 2.87. The van der Waals surface area contributed by atoms with Crippen LogP contribution < -0.4 is 16.4 Å². The van der Waals surface area contributed by atoms with E-state index in [1.165, 1.54) is 5.56 Å². The van der Waals surface area contributed by atoms with E-state index in [1.54, 1.807) is 13.0 Å². The summed E-state index contributed by atoms with van der Waals surface area (Å²) in [5.41, 5.74) is 7.99. The molecule has 1 aliphatic rings. The van der Waals surface area contributed by atoms with Crippen LogP contribution in [0.2, 0.25) is 0 Å². The summed E-state index contributed by atoms with van der Waals surface area (Å²) < 4.78 is 0. The minimum atomic E-state index is -0.658. The second-order valence-corrected chi connectivity index (χ2v) is 4.18. The monoisotopic (exact) mass is 233 g/mol. The first-order chi connectivity index (χ1) is 8.08. The summed E-state index contributed by atoms with van der Waals surface area (Å²) >= 11 is 0. The van der Waals surface area contributed by atoms with E-state index >= 15 is 0 Å². The molecule has 17 heavy (non-hydrogen) atoms. The summed E-state index contributed by atoms with van der Waals surface area (Å²) in [5.74, 6) is -0.813. The van der Waals surface area contributed by atoms with E-state index in [0.29, 0.717) is 5.56 Å².